The average Bonchev–Trinajstić information content (AvgIpc) is 2.45. The minimum Gasteiger partial charge on any atom is -0.454 e. The second kappa shape index (κ2) is 5.26. The third-order valence-electron chi connectivity index (χ3n) is 3.50. The molecule has 1 aliphatic heterocycles. The van der Waals surface area contributed by atoms with E-state index in [0.29, 0.717) is 0 Å². The summed E-state index contributed by atoms with van der Waals surface area (Å²) in [4.78, 5) is 11.7. The maximum Gasteiger partial charge on any atom is 0.460 e. The molecule has 3 nitrogen and oxygen atoms in total. The van der Waals surface area contributed by atoms with Crippen LogP contribution in [0.25, 0.3) is 0 Å². The molecule has 0 bridgehead atoms. The summed E-state index contributed by atoms with van der Waals surface area (Å²) < 4.78 is 121. The van der Waals surface area contributed by atoms with Crippen molar-refractivity contribution in [2.75, 3.05) is 0 Å². The zero-order valence-electron chi connectivity index (χ0n) is 11.7. The van der Waals surface area contributed by atoms with Gasteiger partial charge in [0.1, 0.15) is 5.75 Å². The summed E-state index contributed by atoms with van der Waals surface area (Å²) >= 11 is 0. The van der Waals surface area contributed by atoms with Gasteiger partial charge >= 0.3 is 23.9 Å². The Morgan fingerprint density at radius 3 is 1.96 bits per heavy atom. The molecule has 0 aliphatic carbocycles. The molecule has 12 heteroatoms. The van der Waals surface area contributed by atoms with E-state index in [4.69, 9.17) is 0 Å². The van der Waals surface area contributed by atoms with Gasteiger partial charge in [-0.3, -0.25) is 4.79 Å². The first kappa shape index (κ1) is 19.3. The molecule has 0 unspecified atom stereocenters. The van der Waals surface area contributed by atoms with Gasteiger partial charge in [0.25, 0.3) is 5.79 Å². The number of rotatable bonds is 3. The lowest BCUT2D eigenvalue weighted by molar-refractivity contribution is -0.435. The molecule has 0 radical (unpaired) electrons. The van der Waals surface area contributed by atoms with E-state index in [1.54, 1.807) is 0 Å². The highest BCUT2D eigenvalue weighted by Crippen LogP contribution is 2.57. The number of aliphatic hydroxyl groups is 1. The van der Waals surface area contributed by atoms with E-state index < -0.39 is 53.2 Å². The number of ether oxygens (including phenoxy) is 1. The van der Waals surface area contributed by atoms with Gasteiger partial charge in [-0.15, -0.1) is 0 Å². The maximum absolute atomic E-state index is 13.9. The van der Waals surface area contributed by atoms with Crippen LogP contribution in [0.4, 0.5) is 39.5 Å². The Kier molecular flexibility index (Phi) is 4.07. The molecule has 1 N–H and O–H groups in total. The smallest absolute Gasteiger partial charge is 0.454 e. The minimum atomic E-state index is -7.21. The van der Waals surface area contributed by atoms with Crippen LogP contribution in [0.3, 0.4) is 0 Å². The second-order valence-corrected chi connectivity index (χ2v) is 5.20. The summed E-state index contributed by atoms with van der Waals surface area (Å²) in [6, 6.07) is 4.05. The fourth-order valence-electron chi connectivity index (χ4n) is 2.11. The lowest BCUT2D eigenvalue weighted by Gasteiger charge is -2.43. The molecular weight excluding hydrogens is 375 g/mol. The van der Waals surface area contributed by atoms with Crippen molar-refractivity contribution in [1.82, 2.24) is 0 Å². The molecule has 2 rings (SSSR count). The maximum atomic E-state index is 13.9. The molecule has 1 aromatic carbocycles. The Balaban J connectivity index is 2.54. The van der Waals surface area contributed by atoms with Crippen molar-refractivity contribution < 1.29 is 54.2 Å². The number of ketones is 1. The van der Waals surface area contributed by atoms with E-state index in [1.807, 2.05) is 0 Å². The summed E-state index contributed by atoms with van der Waals surface area (Å²) in [5, 5.41) is 9.61. The van der Waals surface area contributed by atoms with Crippen molar-refractivity contribution in [2.45, 2.75) is 36.2 Å². The zero-order chi connectivity index (χ0) is 19.5. The van der Waals surface area contributed by atoms with Crippen LogP contribution >= 0.6 is 0 Å². The molecule has 1 aliphatic rings. The lowest BCUT2D eigenvalue weighted by Crippen LogP contribution is -2.71. The van der Waals surface area contributed by atoms with Crippen molar-refractivity contribution in [3.63, 3.8) is 0 Å². The molecule has 25 heavy (non-hydrogen) atoms. The van der Waals surface area contributed by atoms with Gasteiger partial charge in [0, 0.05) is 0 Å². The van der Waals surface area contributed by atoms with Crippen LogP contribution in [0.1, 0.15) is 16.8 Å². The van der Waals surface area contributed by atoms with Gasteiger partial charge in [0.15, 0.2) is 5.78 Å². The van der Waals surface area contributed by atoms with Gasteiger partial charge in [-0.2, -0.15) is 39.5 Å². The van der Waals surface area contributed by atoms with Gasteiger partial charge < -0.3 is 9.84 Å². The molecule has 0 fully saturated rings. The number of fused-ring (bicyclic) bond motifs is 1. The Hall–Kier alpha value is -1.98. The SMILES string of the molecule is O=C1C[C@@](O)(C(F)(F)C(F)(F)C(F)(F)C(F)(F)F)Oc2ccccc21. The highest BCUT2D eigenvalue weighted by Gasteiger charge is 2.87. The van der Waals surface area contributed by atoms with Crippen molar-refractivity contribution in [3.8, 4) is 5.75 Å². The summed E-state index contributed by atoms with van der Waals surface area (Å²) in [5.41, 5.74) is -0.436. The lowest BCUT2D eigenvalue weighted by atomic mass is 9.88. The van der Waals surface area contributed by atoms with E-state index in [1.165, 1.54) is 6.07 Å². The Bertz CT molecular complexity index is 698. The first-order valence-corrected chi connectivity index (χ1v) is 6.32. The zero-order valence-corrected chi connectivity index (χ0v) is 11.7. The molecule has 0 saturated carbocycles. The summed E-state index contributed by atoms with van der Waals surface area (Å²) in [5.74, 6) is -27.7. The second-order valence-electron chi connectivity index (χ2n) is 5.20. The van der Waals surface area contributed by atoms with Crippen LogP contribution in [0.15, 0.2) is 24.3 Å². The molecular formula is C13H7F9O3. The van der Waals surface area contributed by atoms with Gasteiger partial charge in [0.2, 0.25) is 0 Å². The van der Waals surface area contributed by atoms with Gasteiger partial charge in [-0.05, 0) is 12.1 Å². The van der Waals surface area contributed by atoms with E-state index in [9.17, 15) is 49.4 Å². The molecule has 0 saturated heterocycles. The molecule has 0 aromatic heterocycles. The van der Waals surface area contributed by atoms with E-state index in [-0.39, 0.29) is 0 Å². The highest BCUT2D eigenvalue weighted by molar-refractivity contribution is 6.00. The fourth-order valence-corrected chi connectivity index (χ4v) is 2.11. The topological polar surface area (TPSA) is 46.5 Å². The van der Waals surface area contributed by atoms with Crippen molar-refractivity contribution in [3.05, 3.63) is 29.8 Å². The Labute approximate surface area is 133 Å². The first-order valence-electron chi connectivity index (χ1n) is 6.32. The minimum absolute atomic E-state index is 0.436. The van der Waals surface area contributed by atoms with Gasteiger partial charge in [-0.1, -0.05) is 12.1 Å². The molecule has 1 heterocycles. The predicted octanol–water partition coefficient (Wildman–Crippen LogP) is 3.81. The van der Waals surface area contributed by atoms with E-state index in [0.717, 1.165) is 18.2 Å². The van der Waals surface area contributed by atoms with Crippen LogP contribution in [-0.4, -0.2) is 40.6 Å². The first-order chi connectivity index (χ1) is 11.1. The molecule has 1 aromatic rings. The van der Waals surface area contributed by atoms with Crippen LogP contribution in [0.2, 0.25) is 0 Å². The number of para-hydroxylation sites is 1. The largest absolute Gasteiger partial charge is 0.460 e. The molecule has 0 amide bonds. The average molecular weight is 382 g/mol. The molecule has 1 atom stereocenters. The van der Waals surface area contributed by atoms with Gasteiger partial charge in [0.05, 0.1) is 12.0 Å². The van der Waals surface area contributed by atoms with E-state index in [2.05, 4.69) is 4.74 Å². The Morgan fingerprint density at radius 1 is 0.920 bits per heavy atom. The number of hydrogen-bond donors (Lipinski definition) is 1. The van der Waals surface area contributed by atoms with Crippen molar-refractivity contribution in [2.24, 2.45) is 0 Å². The fraction of sp³-hybridized carbons (Fsp3) is 0.462. The number of hydrogen-bond acceptors (Lipinski definition) is 3. The van der Waals surface area contributed by atoms with Crippen LogP contribution in [0.5, 0.6) is 5.75 Å². The van der Waals surface area contributed by atoms with Crippen LogP contribution < -0.4 is 4.74 Å². The number of carbonyl (C=O) groups excluding carboxylic acids is 1. The summed E-state index contributed by atoms with van der Waals surface area (Å²) in [7, 11) is 0. The van der Waals surface area contributed by atoms with Crippen LogP contribution in [-0.2, 0) is 0 Å². The van der Waals surface area contributed by atoms with Crippen molar-refractivity contribution in [1.29, 1.82) is 0 Å². The standard InChI is InChI=1S/C13H7F9O3/c14-10(15,11(16,17)12(18,19)13(20,21)22)9(24)5-7(23)6-3-1-2-4-8(6)25-9/h1-4,24H,5H2/t9-/m0/s1. The molecule has 0 spiro atoms. The monoisotopic (exact) mass is 382 g/mol. The number of Topliss-reactive ketones (excluding diaryl/α,β-unsaturated/α-hetero) is 1. The predicted molar refractivity (Wildman–Crippen MR) is 61.9 cm³/mol. The molecule has 140 valence electrons. The number of carbonyl (C=O) groups is 1. The third kappa shape index (κ3) is 2.53. The quantitative estimate of drug-likeness (QED) is 0.809. The number of benzene rings is 1. The van der Waals surface area contributed by atoms with E-state index >= 15 is 0 Å². The summed E-state index contributed by atoms with van der Waals surface area (Å²) in [6.45, 7) is 0. The van der Waals surface area contributed by atoms with Crippen LogP contribution in [0, 0.1) is 0 Å². The normalized spacial score (nSPS) is 22.4. The third-order valence-corrected chi connectivity index (χ3v) is 3.50. The summed E-state index contributed by atoms with van der Waals surface area (Å²) in [6.07, 6.45) is -9.01. The number of alkyl halides is 9. The Morgan fingerprint density at radius 2 is 1.44 bits per heavy atom. The van der Waals surface area contributed by atoms with Crippen molar-refractivity contribution >= 4 is 5.78 Å². The highest BCUT2D eigenvalue weighted by atomic mass is 19.4. The van der Waals surface area contributed by atoms with Gasteiger partial charge in [-0.25, -0.2) is 0 Å². The number of halogens is 9.